The fourth-order valence-electron chi connectivity index (χ4n) is 3.84. The summed E-state index contributed by atoms with van der Waals surface area (Å²) in [6, 6.07) is 9.97. The number of hydrogen-bond donors (Lipinski definition) is 1. The molecule has 0 aliphatic heterocycles. The van der Waals surface area contributed by atoms with Gasteiger partial charge in [-0.3, -0.25) is 5.32 Å². The summed E-state index contributed by atoms with van der Waals surface area (Å²) in [5.74, 6) is 0.232. The Bertz CT molecular complexity index is 1680. The molecule has 0 aliphatic carbocycles. The van der Waals surface area contributed by atoms with Crippen LogP contribution in [-0.2, 0) is 4.74 Å². The lowest BCUT2D eigenvalue weighted by Gasteiger charge is -2.15. The molecule has 1 atom stereocenters. The van der Waals surface area contributed by atoms with E-state index in [0.29, 0.717) is 39.0 Å². The zero-order valence-electron chi connectivity index (χ0n) is 21.5. The van der Waals surface area contributed by atoms with Gasteiger partial charge in [0.05, 0.1) is 47.4 Å². The van der Waals surface area contributed by atoms with Gasteiger partial charge in [-0.1, -0.05) is 0 Å². The van der Waals surface area contributed by atoms with E-state index in [1.807, 2.05) is 19.1 Å². The van der Waals surface area contributed by atoms with E-state index >= 15 is 0 Å². The number of nitrogens with one attached hydrogen (secondary N) is 1. The van der Waals surface area contributed by atoms with Crippen LogP contribution in [0.2, 0.25) is 0 Å². The number of rotatable bonds is 8. The zero-order chi connectivity index (χ0) is 27.5. The maximum Gasteiger partial charge on any atom is 0.411 e. The third kappa shape index (κ3) is 5.80. The first-order valence-electron chi connectivity index (χ1n) is 11.8. The highest BCUT2D eigenvalue weighted by atomic mass is 32.1. The van der Waals surface area contributed by atoms with Crippen molar-refractivity contribution in [3.05, 3.63) is 60.2 Å². The Morgan fingerprint density at radius 2 is 1.87 bits per heavy atom. The van der Waals surface area contributed by atoms with Crippen LogP contribution in [0, 0.1) is 12.7 Å². The van der Waals surface area contributed by atoms with Gasteiger partial charge < -0.3 is 18.9 Å². The van der Waals surface area contributed by atoms with Crippen LogP contribution in [0.1, 0.15) is 12.5 Å². The Labute approximate surface area is 226 Å². The zero-order valence-corrected chi connectivity index (χ0v) is 22.3. The van der Waals surface area contributed by atoms with Crippen LogP contribution in [0.3, 0.4) is 0 Å². The number of benzene rings is 2. The SMILES string of the molecule is COc1cc(NC(=O)OC[C@H](C)Oc2cc3sc(-c4cc(C)cc5nc(OC)cnc45)nc3cc2F)ccn1. The third-order valence-corrected chi connectivity index (χ3v) is 6.67. The number of thiazole rings is 1. The summed E-state index contributed by atoms with van der Waals surface area (Å²) in [5, 5.41) is 3.26. The predicted molar refractivity (Wildman–Crippen MR) is 145 cm³/mol. The van der Waals surface area contributed by atoms with Gasteiger partial charge in [-0.2, -0.15) is 0 Å². The average Bonchev–Trinajstić information content (AvgIpc) is 3.33. The standard InChI is InChI=1S/C27H24FN5O5S/c1-14-7-17(25-20(8-14)32-24(36-4)12-30-25)26-33-19-10-18(28)21(11-22(19)39-26)38-15(2)13-37-27(34)31-16-5-6-29-23(9-16)35-3/h5-12,15H,13H2,1-4H3,(H,29,31,34)/t15-/m0/s1. The van der Waals surface area contributed by atoms with Crippen molar-refractivity contribution < 1.29 is 28.1 Å². The molecule has 5 aromatic rings. The molecule has 10 nitrogen and oxygen atoms in total. The number of aromatic nitrogens is 4. The molecule has 0 saturated carbocycles. The normalized spacial score (nSPS) is 11.8. The molecule has 5 rings (SSSR count). The molecule has 1 N–H and O–H groups in total. The van der Waals surface area contributed by atoms with Crippen molar-refractivity contribution in [1.82, 2.24) is 19.9 Å². The molecule has 12 heteroatoms. The molecule has 0 bridgehead atoms. The number of halogens is 1. The second-order valence-electron chi connectivity index (χ2n) is 8.60. The lowest BCUT2D eigenvalue weighted by Crippen LogP contribution is -2.24. The minimum absolute atomic E-state index is 0.0340. The van der Waals surface area contributed by atoms with Crippen molar-refractivity contribution in [3.8, 4) is 28.1 Å². The van der Waals surface area contributed by atoms with Gasteiger partial charge in [-0.05, 0) is 37.6 Å². The number of nitrogens with zero attached hydrogens (tertiary/aromatic N) is 4. The molecular weight excluding hydrogens is 525 g/mol. The van der Waals surface area contributed by atoms with Crippen LogP contribution in [-0.4, -0.2) is 53.0 Å². The third-order valence-electron chi connectivity index (χ3n) is 5.62. The van der Waals surface area contributed by atoms with Crippen molar-refractivity contribution in [2.24, 2.45) is 0 Å². The summed E-state index contributed by atoms with van der Waals surface area (Å²) in [4.78, 5) is 29.8. The molecule has 0 fully saturated rings. The van der Waals surface area contributed by atoms with Gasteiger partial charge in [0.25, 0.3) is 0 Å². The highest BCUT2D eigenvalue weighted by Gasteiger charge is 2.17. The van der Waals surface area contributed by atoms with E-state index in [1.165, 1.54) is 37.8 Å². The van der Waals surface area contributed by atoms with Gasteiger partial charge >= 0.3 is 6.09 Å². The van der Waals surface area contributed by atoms with Gasteiger partial charge in [0.15, 0.2) is 11.6 Å². The first-order chi connectivity index (χ1) is 18.8. The van der Waals surface area contributed by atoms with E-state index < -0.39 is 18.0 Å². The van der Waals surface area contributed by atoms with Crippen molar-refractivity contribution in [1.29, 1.82) is 0 Å². The van der Waals surface area contributed by atoms with Crippen LogP contribution in [0.15, 0.2) is 48.8 Å². The number of aryl methyl sites for hydroxylation is 1. The van der Waals surface area contributed by atoms with Gasteiger partial charge in [0, 0.05) is 30.0 Å². The lowest BCUT2D eigenvalue weighted by molar-refractivity contribution is 0.0969. The van der Waals surface area contributed by atoms with Crippen LogP contribution in [0.5, 0.6) is 17.5 Å². The molecule has 0 saturated heterocycles. The van der Waals surface area contributed by atoms with E-state index in [9.17, 15) is 9.18 Å². The number of anilines is 1. The van der Waals surface area contributed by atoms with Crippen LogP contribution < -0.4 is 19.5 Å². The molecule has 0 spiro atoms. The van der Waals surface area contributed by atoms with Crippen molar-refractivity contribution in [2.45, 2.75) is 20.0 Å². The van der Waals surface area contributed by atoms with Gasteiger partial charge in [-0.15, -0.1) is 11.3 Å². The lowest BCUT2D eigenvalue weighted by atomic mass is 10.1. The van der Waals surface area contributed by atoms with Gasteiger partial charge in [0.1, 0.15) is 17.7 Å². The first kappa shape index (κ1) is 26.0. The molecular formula is C27H24FN5O5S. The second-order valence-corrected chi connectivity index (χ2v) is 9.63. The molecule has 0 aliphatic rings. The highest BCUT2D eigenvalue weighted by Crippen LogP contribution is 2.37. The smallest absolute Gasteiger partial charge is 0.411 e. The van der Waals surface area contributed by atoms with E-state index in [0.717, 1.165) is 15.8 Å². The average molecular weight is 550 g/mol. The monoisotopic (exact) mass is 549 g/mol. The van der Waals surface area contributed by atoms with Gasteiger partial charge in [-0.25, -0.2) is 29.1 Å². The van der Waals surface area contributed by atoms with Gasteiger partial charge in [0.2, 0.25) is 11.8 Å². The molecule has 200 valence electrons. The van der Waals surface area contributed by atoms with E-state index in [1.54, 1.807) is 31.3 Å². The summed E-state index contributed by atoms with van der Waals surface area (Å²) >= 11 is 1.39. The predicted octanol–water partition coefficient (Wildman–Crippen LogP) is 5.78. The molecule has 0 unspecified atom stereocenters. The Balaban J connectivity index is 1.31. The summed E-state index contributed by atoms with van der Waals surface area (Å²) in [6.45, 7) is 3.54. The van der Waals surface area contributed by atoms with Crippen molar-refractivity contribution in [3.63, 3.8) is 0 Å². The fraction of sp³-hybridized carbons (Fsp3) is 0.222. The Hall–Kier alpha value is -4.58. The number of fused-ring (bicyclic) bond motifs is 2. The minimum Gasteiger partial charge on any atom is -0.484 e. The number of methoxy groups -OCH3 is 2. The number of carbonyl (C=O) groups excluding carboxylic acids is 1. The summed E-state index contributed by atoms with van der Waals surface area (Å²) in [5.41, 5.74) is 4.09. The Morgan fingerprint density at radius 1 is 1.05 bits per heavy atom. The van der Waals surface area contributed by atoms with Crippen LogP contribution in [0.25, 0.3) is 31.8 Å². The summed E-state index contributed by atoms with van der Waals surface area (Å²) in [6.07, 6.45) is 1.74. The number of pyridine rings is 1. The number of hydrogen-bond acceptors (Lipinski definition) is 10. The number of carbonyl (C=O) groups is 1. The molecule has 2 aromatic carbocycles. The highest BCUT2D eigenvalue weighted by molar-refractivity contribution is 7.21. The molecule has 39 heavy (non-hydrogen) atoms. The molecule has 3 heterocycles. The van der Waals surface area contributed by atoms with Crippen molar-refractivity contribution >= 4 is 44.4 Å². The Morgan fingerprint density at radius 3 is 2.67 bits per heavy atom. The summed E-state index contributed by atoms with van der Waals surface area (Å²) in [7, 11) is 3.01. The number of ether oxygens (including phenoxy) is 4. The first-order valence-corrected chi connectivity index (χ1v) is 12.7. The fourth-order valence-corrected chi connectivity index (χ4v) is 4.83. The quantitative estimate of drug-likeness (QED) is 0.257. The van der Waals surface area contributed by atoms with Crippen molar-refractivity contribution in [2.75, 3.05) is 26.1 Å². The summed E-state index contributed by atoms with van der Waals surface area (Å²) < 4.78 is 36.8. The number of amides is 1. The topological polar surface area (TPSA) is 118 Å². The van der Waals surface area contributed by atoms with Crippen LogP contribution >= 0.6 is 11.3 Å². The largest absolute Gasteiger partial charge is 0.484 e. The maximum absolute atomic E-state index is 14.9. The molecule has 1 amide bonds. The Kier molecular flexibility index (Phi) is 7.37. The molecule has 3 aromatic heterocycles. The maximum atomic E-state index is 14.9. The van der Waals surface area contributed by atoms with E-state index in [2.05, 4.69) is 25.3 Å². The second kappa shape index (κ2) is 11.0. The van der Waals surface area contributed by atoms with E-state index in [4.69, 9.17) is 18.9 Å². The van der Waals surface area contributed by atoms with E-state index in [-0.39, 0.29) is 12.4 Å². The minimum atomic E-state index is -0.687. The molecule has 0 radical (unpaired) electrons. The van der Waals surface area contributed by atoms with Crippen LogP contribution in [0.4, 0.5) is 14.9 Å².